The van der Waals surface area contributed by atoms with Crippen molar-refractivity contribution in [1.29, 1.82) is 0 Å². The van der Waals surface area contributed by atoms with E-state index in [0.29, 0.717) is 17.4 Å². The van der Waals surface area contributed by atoms with Crippen molar-refractivity contribution >= 4 is 18.0 Å². The Morgan fingerprint density at radius 3 is 2.35 bits per heavy atom. The van der Waals surface area contributed by atoms with Gasteiger partial charge < -0.3 is 5.11 Å². The second-order valence-electron chi connectivity index (χ2n) is 3.28. The standard InChI is InChI=1S/C13H10O4/c14-9-1-2-10-3-5-11(6-4-10)12(15)7-8-13(16)17/h3-6,9H,7-8H2,(H,16,17). The summed E-state index contributed by atoms with van der Waals surface area (Å²) in [5.41, 5.74) is 1.08. The molecule has 1 aromatic carbocycles. The Bertz CT molecular complexity index is 488. The van der Waals surface area contributed by atoms with Gasteiger partial charge >= 0.3 is 5.97 Å². The van der Waals surface area contributed by atoms with Crippen molar-refractivity contribution in [3.8, 4) is 11.8 Å². The first-order valence-corrected chi connectivity index (χ1v) is 4.93. The van der Waals surface area contributed by atoms with Gasteiger partial charge in [0.05, 0.1) is 6.42 Å². The molecule has 0 bridgehead atoms. The van der Waals surface area contributed by atoms with E-state index in [1.54, 1.807) is 24.3 Å². The number of benzene rings is 1. The maximum Gasteiger partial charge on any atom is 0.303 e. The summed E-state index contributed by atoms with van der Waals surface area (Å²) in [7, 11) is 0. The van der Waals surface area contributed by atoms with Crippen LogP contribution >= 0.6 is 0 Å². The largest absolute Gasteiger partial charge is 0.481 e. The SMILES string of the molecule is O=CC#Cc1ccc(C(=O)CCC(=O)O)cc1. The molecule has 4 heteroatoms. The molecule has 1 aromatic rings. The van der Waals surface area contributed by atoms with Crippen molar-refractivity contribution in [2.75, 3.05) is 0 Å². The van der Waals surface area contributed by atoms with Crippen LogP contribution in [0.25, 0.3) is 0 Å². The molecular formula is C13H10O4. The lowest BCUT2D eigenvalue weighted by Crippen LogP contribution is -2.03. The maximum atomic E-state index is 11.5. The van der Waals surface area contributed by atoms with E-state index < -0.39 is 5.97 Å². The van der Waals surface area contributed by atoms with Crippen LogP contribution in [0, 0.1) is 11.8 Å². The molecule has 1 rings (SSSR count). The highest BCUT2D eigenvalue weighted by molar-refractivity contribution is 5.97. The summed E-state index contributed by atoms with van der Waals surface area (Å²) in [5.74, 6) is 3.63. The van der Waals surface area contributed by atoms with E-state index in [2.05, 4.69) is 11.8 Å². The first kappa shape index (κ1) is 12.7. The maximum absolute atomic E-state index is 11.5. The molecule has 0 aliphatic heterocycles. The third kappa shape index (κ3) is 4.31. The van der Waals surface area contributed by atoms with Crippen LogP contribution in [0.15, 0.2) is 24.3 Å². The fourth-order valence-electron chi connectivity index (χ4n) is 1.22. The van der Waals surface area contributed by atoms with Gasteiger partial charge in [-0.15, -0.1) is 0 Å². The van der Waals surface area contributed by atoms with Crippen molar-refractivity contribution in [3.05, 3.63) is 35.4 Å². The van der Waals surface area contributed by atoms with Crippen molar-refractivity contribution in [2.24, 2.45) is 0 Å². The van der Waals surface area contributed by atoms with Crippen LogP contribution in [0.3, 0.4) is 0 Å². The summed E-state index contributed by atoms with van der Waals surface area (Å²) in [4.78, 5) is 31.8. The molecule has 0 spiro atoms. The summed E-state index contributed by atoms with van der Waals surface area (Å²) < 4.78 is 0. The summed E-state index contributed by atoms with van der Waals surface area (Å²) in [6.07, 6.45) is 0.298. The van der Waals surface area contributed by atoms with Gasteiger partial charge in [-0.3, -0.25) is 14.4 Å². The number of aldehydes is 1. The van der Waals surface area contributed by atoms with Gasteiger partial charge in [0.15, 0.2) is 12.1 Å². The molecule has 0 unspecified atom stereocenters. The number of carbonyl (C=O) groups is 3. The lowest BCUT2D eigenvalue weighted by atomic mass is 10.0. The van der Waals surface area contributed by atoms with Gasteiger partial charge in [0.25, 0.3) is 0 Å². The fourth-order valence-corrected chi connectivity index (χ4v) is 1.22. The van der Waals surface area contributed by atoms with E-state index in [0.717, 1.165) is 0 Å². The molecule has 0 aliphatic rings. The minimum Gasteiger partial charge on any atom is -0.481 e. The smallest absolute Gasteiger partial charge is 0.303 e. The summed E-state index contributed by atoms with van der Waals surface area (Å²) in [5, 5.41) is 8.45. The predicted octanol–water partition coefficient (Wildman–Crippen LogP) is 1.28. The molecule has 0 aliphatic carbocycles. The number of aliphatic carboxylic acids is 1. The number of carboxylic acid groups (broad SMARTS) is 1. The van der Waals surface area contributed by atoms with Crippen LogP contribution in [0.1, 0.15) is 28.8 Å². The van der Waals surface area contributed by atoms with E-state index in [9.17, 15) is 14.4 Å². The number of hydrogen-bond acceptors (Lipinski definition) is 3. The fraction of sp³-hybridized carbons (Fsp3) is 0.154. The molecule has 0 fully saturated rings. The normalized spacial score (nSPS) is 8.94. The first-order chi connectivity index (χ1) is 8.13. The number of carboxylic acids is 1. The number of ketones is 1. The summed E-state index contributed by atoms with van der Waals surface area (Å²) >= 11 is 0. The van der Waals surface area contributed by atoms with Crippen LogP contribution in [-0.2, 0) is 9.59 Å². The Labute approximate surface area is 98.3 Å². The van der Waals surface area contributed by atoms with Gasteiger partial charge in [-0.2, -0.15) is 0 Å². The molecule has 0 atom stereocenters. The average molecular weight is 230 g/mol. The van der Waals surface area contributed by atoms with Gasteiger partial charge in [-0.25, -0.2) is 0 Å². The van der Waals surface area contributed by atoms with Gasteiger partial charge in [0, 0.05) is 17.5 Å². The predicted molar refractivity (Wildman–Crippen MR) is 60.6 cm³/mol. The summed E-state index contributed by atoms with van der Waals surface area (Å²) in [6.45, 7) is 0. The van der Waals surface area contributed by atoms with E-state index in [1.807, 2.05) is 0 Å². The quantitative estimate of drug-likeness (QED) is 0.480. The molecule has 1 N–H and O–H groups in total. The lowest BCUT2D eigenvalue weighted by molar-refractivity contribution is -0.136. The Morgan fingerprint density at radius 2 is 1.82 bits per heavy atom. The monoisotopic (exact) mass is 230 g/mol. The second kappa shape index (κ2) is 6.23. The van der Waals surface area contributed by atoms with Crippen LogP contribution in [0.5, 0.6) is 0 Å². The van der Waals surface area contributed by atoms with Gasteiger partial charge in [-0.05, 0) is 18.1 Å². The van der Waals surface area contributed by atoms with E-state index >= 15 is 0 Å². The topological polar surface area (TPSA) is 71.4 Å². The highest BCUT2D eigenvalue weighted by atomic mass is 16.4. The molecule has 4 nitrogen and oxygen atoms in total. The zero-order valence-electron chi connectivity index (χ0n) is 8.97. The number of rotatable bonds is 4. The molecule has 0 saturated carbocycles. The Kier molecular flexibility index (Phi) is 4.64. The third-order valence-corrected chi connectivity index (χ3v) is 2.05. The van der Waals surface area contributed by atoms with E-state index in [1.165, 1.54) is 0 Å². The molecule has 0 heterocycles. The van der Waals surface area contributed by atoms with Crippen molar-refractivity contribution < 1.29 is 19.5 Å². The third-order valence-electron chi connectivity index (χ3n) is 2.05. The Morgan fingerprint density at radius 1 is 1.18 bits per heavy atom. The van der Waals surface area contributed by atoms with Gasteiger partial charge in [0.1, 0.15) is 0 Å². The molecule has 17 heavy (non-hydrogen) atoms. The van der Waals surface area contributed by atoms with Crippen LogP contribution in [0.4, 0.5) is 0 Å². The molecule has 86 valence electrons. The van der Waals surface area contributed by atoms with Crippen molar-refractivity contribution in [1.82, 2.24) is 0 Å². The van der Waals surface area contributed by atoms with Gasteiger partial charge in [0.2, 0.25) is 0 Å². The van der Waals surface area contributed by atoms with Crippen molar-refractivity contribution in [3.63, 3.8) is 0 Å². The second-order valence-corrected chi connectivity index (χ2v) is 3.28. The Balaban J connectivity index is 2.70. The minimum absolute atomic E-state index is 0.0192. The first-order valence-electron chi connectivity index (χ1n) is 4.93. The number of Topliss-reactive ketones (excluding diaryl/α,β-unsaturated/α-hetero) is 1. The van der Waals surface area contributed by atoms with E-state index in [4.69, 9.17) is 5.11 Å². The lowest BCUT2D eigenvalue weighted by Gasteiger charge is -1.99. The molecule has 0 radical (unpaired) electrons. The molecule has 0 amide bonds. The average Bonchev–Trinajstić information content (AvgIpc) is 2.34. The zero-order valence-corrected chi connectivity index (χ0v) is 8.97. The number of carbonyl (C=O) groups excluding carboxylic acids is 2. The minimum atomic E-state index is -0.994. The van der Waals surface area contributed by atoms with Crippen LogP contribution in [0.2, 0.25) is 0 Å². The summed E-state index contributed by atoms with van der Waals surface area (Å²) in [6, 6.07) is 6.37. The molecule has 0 aromatic heterocycles. The van der Waals surface area contributed by atoms with Crippen LogP contribution < -0.4 is 0 Å². The Hall–Kier alpha value is -2.41. The van der Waals surface area contributed by atoms with Crippen LogP contribution in [-0.4, -0.2) is 23.1 Å². The highest BCUT2D eigenvalue weighted by Crippen LogP contribution is 2.07. The van der Waals surface area contributed by atoms with Crippen molar-refractivity contribution in [2.45, 2.75) is 12.8 Å². The molecular weight excluding hydrogens is 220 g/mol. The zero-order chi connectivity index (χ0) is 12.7. The van der Waals surface area contributed by atoms with Gasteiger partial charge in [-0.1, -0.05) is 18.1 Å². The highest BCUT2D eigenvalue weighted by Gasteiger charge is 2.07. The number of hydrogen-bond donors (Lipinski definition) is 1. The van der Waals surface area contributed by atoms with E-state index in [-0.39, 0.29) is 18.6 Å². The molecule has 0 saturated heterocycles.